The number of rotatable bonds is 5. The summed E-state index contributed by atoms with van der Waals surface area (Å²) in [7, 11) is -0.816. The number of hydrogen-bond donors (Lipinski definition) is 0. The summed E-state index contributed by atoms with van der Waals surface area (Å²) in [6.07, 6.45) is -4.47. The SMILES string of the molecule is CCOCOc1cc(C(F)(F)F)cc(C)c1B1OC(C)(C)C(C)(C)O1. The van der Waals surface area contributed by atoms with Crippen molar-refractivity contribution in [3.63, 3.8) is 0 Å². The Kier molecular flexibility index (Phi) is 5.47. The van der Waals surface area contributed by atoms with E-state index in [1.165, 1.54) is 0 Å². The Bertz CT molecular complexity index is 613. The van der Waals surface area contributed by atoms with Crippen LogP contribution in [0.4, 0.5) is 13.2 Å². The van der Waals surface area contributed by atoms with Crippen LogP contribution in [-0.4, -0.2) is 31.7 Å². The molecule has 0 spiro atoms. The minimum atomic E-state index is -4.47. The first-order valence-corrected chi connectivity index (χ1v) is 8.17. The van der Waals surface area contributed by atoms with Crippen molar-refractivity contribution >= 4 is 12.6 Å². The van der Waals surface area contributed by atoms with Crippen LogP contribution in [0.25, 0.3) is 0 Å². The standard InChI is InChI=1S/C17H24BF3O4/c1-7-22-10-23-13-9-12(17(19,20)21)8-11(2)14(13)18-24-15(3,4)16(5,6)25-18/h8-9H,7,10H2,1-6H3. The van der Waals surface area contributed by atoms with Crippen molar-refractivity contribution in [1.82, 2.24) is 0 Å². The summed E-state index contributed by atoms with van der Waals surface area (Å²) in [5, 5.41) is 0. The second-order valence-electron chi connectivity index (χ2n) is 7.05. The molecule has 1 saturated heterocycles. The highest BCUT2D eigenvalue weighted by Crippen LogP contribution is 2.38. The van der Waals surface area contributed by atoms with Gasteiger partial charge in [0.15, 0.2) is 6.79 Å². The van der Waals surface area contributed by atoms with Gasteiger partial charge in [-0.2, -0.15) is 13.2 Å². The van der Waals surface area contributed by atoms with Crippen LogP contribution in [0.1, 0.15) is 45.7 Å². The summed E-state index contributed by atoms with van der Waals surface area (Å²) >= 11 is 0. The summed E-state index contributed by atoms with van der Waals surface area (Å²) in [5.74, 6) is 0.0549. The molecule has 0 N–H and O–H groups in total. The first kappa shape index (κ1) is 20.1. The van der Waals surface area contributed by atoms with Gasteiger partial charge in [-0.1, -0.05) is 0 Å². The van der Waals surface area contributed by atoms with E-state index < -0.39 is 30.1 Å². The van der Waals surface area contributed by atoms with Gasteiger partial charge < -0.3 is 18.8 Å². The van der Waals surface area contributed by atoms with Crippen LogP contribution >= 0.6 is 0 Å². The average Bonchev–Trinajstić information content (AvgIpc) is 2.65. The van der Waals surface area contributed by atoms with Gasteiger partial charge in [0, 0.05) is 12.1 Å². The van der Waals surface area contributed by atoms with Crippen LogP contribution in [0.15, 0.2) is 12.1 Å². The molecule has 0 amide bonds. The molecule has 0 atom stereocenters. The molecule has 0 aliphatic carbocycles. The summed E-state index contributed by atoms with van der Waals surface area (Å²) in [4.78, 5) is 0. The topological polar surface area (TPSA) is 36.9 Å². The van der Waals surface area contributed by atoms with Crippen molar-refractivity contribution in [3.8, 4) is 5.75 Å². The zero-order chi connectivity index (χ0) is 19.0. The van der Waals surface area contributed by atoms with Gasteiger partial charge in [-0.05, 0) is 59.2 Å². The lowest BCUT2D eigenvalue weighted by molar-refractivity contribution is -0.137. The number of aryl methyl sites for hydroxylation is 1. The Labute approximate surface area is 146 Å². The third kappa shape index (κ3) is 4.12. The van der Waals surface area contributed by atoms with E-state index in [1.807, 2.05) is 27.7 Å². The lowest BCUT2D eigenvalue weighted by Crippen LogP contribution is -2.41. The lowest BCUT2D eigenvalue weighted by Gasteiger charge is -2.32. The molecule has 1 fully saturated rings. The predicted molar refractivity (Wildman–Crippen MR) is 89.0 cm³/mol. The maximum absolute atomic E-state index is 13.1. The fraction of sp³-hybridized carbons (Fsp3) is 0.647. The monoisotopic (exact) mass is 360 g/mol. The molecule has 140 valence electrons. The van der Waals surface area contributed by atoms with E-state index in [4.69, 9.17) is 18.8 Å². The Morgan fingerprint density at radius 3 is 2.12 bits per heavy atom. The van der Waals surface area contributed by atoms with Crippen molar-refractivity contribution in [2.24, 2.45) is 0 Å². The molecular weight excluding hydrogens is 336 g/mol. The molecule has 25 heavy (non-hydrogen) atoms. The first-order chi connectivity index (χ1) is 11.4. The molecular formula is C17H24BF3O4. The van der Waals surface area contributed by atoms with E-state index >= 15 is 0 Å². The van der Waals surface area contributed by atoms with E-state index in [0.717, 1.165) is 12.1 Å². The van der Waals surface area contributed by atoms with Crippen molar-refractivity contribution in [2.45, 2.75) is 58.9 Å². The van der Waals surface area contributed by atoms with E-state index in [9.17, 15) is 13.2 Å². The van der Waals surface area contributed by atoms with E-state index in [1.54, 1.807) is 13.8 Å². The highest BCUT2D eigenvalue weighted by atomic mass is 19.4. The third-order valence-electron chi connectivity index (χ3n) is 4.67. The van der Waals surface area contributed by atoms with E-state index in [-0.39, 0.29) is 12.5 Å². The van der Waals surface area contributed by atoms with Gasteiger partial charge in [-0.3, -0.25) is 0 Å². The molecule has 0 saturated carbocycles. The maximum atomic E-state index is 13.1. The van der Waals surface area contributed by atoms with Gasteiger partial charge >= 0.3 is 13.3 Å². The predicted octanol–water partition coefficient (Wildman–Crippen LogP) is 3.69. The Balaban J connectivity index is 2.46. The third-order valence-corrected chi connectivity index (χ3v) is 4.67. The van der Waals surface area contributed by atoms with Crippen LogP contribution in [0.3, 0.4) is 0 Å². The summed E-state index contributed by atoms with van der Waals surface area (Å²) in [6, 6.07) is 2.04. The van der Waals surface area contributed by atoms with Crippen LogP contribution in [0.5, 0.6) is 5.75 Å². The van der Waals surface area contributed by atoms with Crippen molar-refractivity contribution in [1.29, 1.82) is 0 Å². The molecule has 0 aromatic heterocycles. The zero-order valence-corrected chi connectivity index (χ0v) is 15.4. The fourth-order valence-electron chi connectivity index (χ4n) is 2.50. The molecule has 8 heteroatoms. The number of alkyl halides is 3. The molecule has 1 aromatic rings. The summed E-state index contributed by atoms with van der Waals surface area (Å²) in [5.41, 5.74) is -1.16. The van der Waals surface area contributed by atoms with Crippen LogP contribution in [0, 0.1) is 6.92 Å². The molecule has 0 bridgehead atoms. The van der Waals surface area contributed by atoms with Gasteiger partial charge in [0.1, 0.15) is 5.75 Å². The fourth-order valence-corrected chi connectivity index (χ4v) is 2.50. The average molecular weight is 360 g/mol. The van der Waals surface area contributed by atoms with Crippen LogP contribution in [-0.2, 0) is 20.2 Å². The van der Waals surface area contributed by atoms with Crippen molar-refractivity contribution in [3.05, 3.63) is 23.3 Å². The van der Waals surface area contributed by atoms with Crippen LogP contribution < -0.4 is 10.2 Å². The minimum Gasteiger partial charge on any atom is -0.468 e. The summed E-state index contributed by atoms with van der Waals surface area (Å²) < 4.78 is 62.0. The molecule has 1 aliphatic rings. The Hall–Kier alpha value is -1.25. The molecule has 4 nitrogen and oxygen atoms in total. The highest BCUT2D eigenvalue weighted by Gasteiger charge is 2.53. The van der Waals surface area contributed by atoms with Gasteiger partial charge in [0.25, 0.3) is 0 Å². The van der Waals surface area contributed by atoms with Gasteiger partial charge in [-0.15, -0.1) is 0 Å². The number of halogens is 3. The molecule has 1 aromatic carbocycles. The summed E-state index contributed by atoms with van der Waals surface area (Å²) in [6.45, 7) is 11.1. The van der Waals surface area contributed by atoms with Gasteiger partial charge in [-0.25, -0.2) is 0 Å². The Morgan fingerprint density at radius 2 is 1.64 bits per heavy atom. The number of benzene rings is 1. The van der Waals surface area contributed by atoms with Crippen molar-refractivity contribution in [2.75, 3.05) is 13.4 Å². The number of ether oxygens (including phenoxy) is 2. The van der Waals surface area contributed by atoms with Crippen molar-refractivity contribution < 1.29 is 32.0 Å². The molecule has 0 unspecified atom stereocenters. The normalized spacial score (nSPS) is 19.3. The van der Waals surface area contributed by atoms with E-state index in [2.05, 4.69) is 0 Å². The quantitative estimate of drug-likeness (QED) is 0.456. The van der Waals surface area contributed by atoms with Gasteiger partial charge in [0.05, 0.1) is 16.8 Å². The second kappa shape index (κ2) is 6.81. The first-order valence-electron chi connectivity index (χ1n) is 8.17. The van der Waals surface area contributed by atoms with Crippen LogP contribution in [0.2, 0.25) is 0 Å². The molecule has 1 heterocycles. The number of hydrogen-bond acceptors (Lipinski definition) is 4. The minimum absolute atomic E-state index is 0.0549. The molecule has 1 aliphatic heterocycles. The lowest BCUT2D eigenvalue weighted by atomic mass is 9.75. The maximum Gasteiger partial charge on any atom is 0.498 e. The second-order valence-corrected chi connectivity index (χ2v) is 7.05. The molecule has 2 rings (SSSR count). The van der Waals surface area contributed by atoms with E-state index in [0.29, 0.717) is 17.6 Å². The van der Waals surface area contributed by atoms with Gasteiger partial charge in [0.2, 0.25) is 0 Å². The zero-order valence-electron chi connectivity index (χ0n) is 15.4. The Morgan fingerprint density at radius 1 is 1.08 bits per heavy atom. The highest BCUT2D eigenvalue weighted by molar-refractivity contribution is 6.63. The smallest absolute Gasteiger partial charge is 0.468 e. The largest absolute Gasteiger partial charge is 0.498 e. The molecule has 0 radical (unpaired) electrons.